The highest BCUT2D eigenvalue weighted by Gasteiger charge is 2.29. The van der Waals surface area contributed by atoms with Gasteiger partial charge in [0.2, 0.25) is 0 Å². The van der Waals surface area contributed by atoms with E-state index in [0.29, 0.717) is 0 Å². The minimum atomic E-state index is -0.983. The van der Waals surface area contributed by atoms with E-state index in [1.807, 2.05) is 6.07 Å². The zero-order chi connectivity index (χ0) is 13.0. The van der Waals surface area contributed by atoms with Crippen LogP contribution in [0.4, 0.5) is 0 Å². The molecule has 0 aromatic heterocycles. The van der Waals surface area contributed by atoms with E-state index in [1.54, 1.807) is 0 Å². The van der Waals surface area contributed by atoms with Crippen LogP contribution in [0.15, 0.2) is 65.6 Å². The van der Waals surface area contributed by atoms with E-state index < -0.39 is 9.06 Å². The van der Waals surface area contributed by atoms with Gasteiger partial charge in [0.05, 0.1) is 0 Å². The predicted molar refractivity (Wildman–Crippen MR) is 87.6 cm³/mol. The lowest BCUT2D eigenvalue weighted by molar-refractivity contribution is 1.14. The summed E-state index contributed by atoms with van der Waals surface area (Å²) in [7, 11) is 1.09. The Balaban J connectivity index is 1.97. The van der Waals surface area contributed by atoms with Gasteiger partial charge in [-0.15, -0.1) is 9.06 Å². The highest BCUT2D eigenvalue weighted by Crippen LogP contribution is 2.69. The van der Waals surface area contributed by atoms with Crippen molar-refractivity contribution in [1.29, 1.82) is 0 Å². The van der Waals surface area contributed by atoms with Crippen LogP contribution in [0.25, 0.3) is 0 Å². The topological polar surface area (TPSA) is 0 Å². The fourth-order valence-electron chi connectivity index (χ4n) is 2.15. The van der Waals surface area contributed by atoms with Crippen LogP contribution in [0.2, 0.25) is 0 Å². The lowest BCUT2D eigenvalue weighted by Crippen LogP contribution is -1.93. The van der Waals surface area contributed by atoms with Gasteiger partial charge in [-0.3, -0.25) is 0 Å². The number of rotatable bonds is 1. The molecule has 1 aliphatic heterocycles. The van der Waals surface area contributed by atoms with E-state index in [9.17, 15) is 0 Å². The standard InChI is InChI=1S/C17H16S2/c1-3-8-16(9-4-1)12-15-19(14-7-13-18-19)17-10-5-2-6-11-17/h1-6,8-11H,7,13-14H2. The molecule has 1 fully saturated rings. The molecule has 2 heteroatoms. The second-order valence-electron chi connectivity index (χ2n) is 4.46. The van der Waals surface area contributed by atoms with Gasteiger partial charge >= 0.3 is 0 Å². The first-order valence-electron chi connectivity index (χ1n) is 6.47. The molecule has 1 saturated heterocycles. The van der Waals surface area contributed by atoms with Gasteiger partial charge in [-0.2, -0.15) is 0 Å². The van der Waals surface area contributed by atoms with Crippen LogP contribution in [0, 0.1) is 11.2 Å². The molecule has 2 aromatic carbocycles. The van der Waals surface area contributed by atoms with Crippen molar-refractivity contribution in [2.24, 2.45) is 0 Å². The molecule has 1 atom stereocenters. The number of benzene rings is 2. The van der Waals surface area contributed by atoms with Crippen LogP contribution in [0.3, 0.4) is 0 Å². The molecule has 0 aliphatic carbocycles. The zero-order valence-electron chi connectivity index (χ0n) is 10.7. The Bertz CT molecular complexity index is 587. The van der Waals surface area contributed by atoms with Gasteiger partial charge in [0.1, 0.15) is 0 Å². The quantitative estimate of drug-likeness (QED) is 0.529. The first kappa shape index (κ1) is 12.7. The highest BCUT2D eigenvalue weighted by molar-refractivity contribution is 8.96. The number of hydrogen-bond acceptors (Lipinski definition) is 1. The Labute approximate surface area is 120 Å². The smallest absolute Gasteiger partial charge is 0.0254 e. The van der Waals surface area contributed by atoms with Crippen LogP contribution < -0.4 is 0 Å². The molecule has 2 aromatic rings. The first-order valence-corrected chi connectivity index (χ1v) is 9.78. The van der Waals surface area contributed by atoms with Crippen molar-refractivity contribution < 1.29 is 0 Å². The Morgan fingerprint density at radius 1 is 0.895 bits per heavy atom. The van der Waals surface area contributed by atoms with Gasteiger partial charge in [-0.25, -0.2) is 0 Å². The van der Waals surface area contributed by atoms with Gasteiger partial charge in [-0.1, -0.05) is 53.1 Å². The van der Waals surface area contributed by atoms with Crippen molar-refractivity contribution >= 4 is 19.9 Å². The molecule has 0 radical (unpaired) electrons. The van der Waals surface area contributed by atoms with E-state index in [0.717, 1.165) is 5.56 Å². The Hall–Kier alpha value is -1.30. The molecule has 0 amide bonds. The molecule has 1 aliphatic rings. The molecule has 0 bridgehead atoms. The molecule has 0 N–H and O–H groups in total. The van der Waals surface area contributed by atoms with Crippen molar-refractivity contribution in [1.82, 2.24) is 0 Å². The molecular weight excluding hydrogens is 268 g/mol. The molecule has 0 nitrogen and oxygen atoms in total. The molecule has 3 rings (SSSR count). The average molecular weight is 284 g/mol. The molecular formula is C17H16S2. The first-order chi connectivity index (χ1) is 9.39. The van der Waals surface area contributed by atoms with Gasteiger partial charge in [0.25, 0.3) is 0 Å². The van der Waals surface area contributed by atoms with Crippen molar-refractivity contribution in [3.63, 3.8) is 0 Å². The largest absolute Gasteiger partial charge is 0.100 e. The lowest BCUT2D eigenvalue weighted by atomic mass is 10.2. The third kappa shape index (κ3) is 2.83. The zero-order valence-corrected chi connectivity index (χ0v) is 12.3. The second kappa shape index (κ2) is 5.77. The second-order valence-corrected chi connectivity index (χ2v) is 9.95. The van der Waals surface area contributed by atoms with E-state index in [2.05, 4.69) is 76.6 Å². The molecule has 1 unspecified atom stereocenters. The van der Waals surface area contributed by atoms with Crippen molar-refractivity contribution in [3.8, 4) is 11.2 Å². The predicted octanol–water partition coefficient (Wildman–Crippen LogP) is 4.91. The normalized spacial score (nSPS) is 25.1. The third-order valence-corrected chi connectivity index (χ3v) is 9.34. The minimum Gasteiger partial charge on any atom is -0.100 e. The van der Waals surface area contributed by atoms with Crippen LogP contribution >= 0.6 is 19.9 Å². The molecule has 0 spiro atoms. The lowest BCUT2D eigenvalue weighted by Gasteiger charge is -2.28. The van der Waals surface area contributed by atoms with Gasteiger partial charge < -0.3 is 0 Å². The van der Waals surface area contributed by atoms with Crippen LogP contribution in [-0.2, 0) is 0 Å². The summed E-state index contributed by atoms with van der Waals surface area (Å²) in [6, 6.07) is 21.2. The van der Waals surface area contributed by atoms with E-state index in [4.69, 9.17) is 0 Å². The van der Waals surface area contributed by atoms with Gasteiger partial charge in [0, 0.05) is 22.0 Å². The Morgan fingerprint density at radius 2 is 1.58 bits per heavy atom. The van der Waals surface area contributed by atoms with E-state index in [-0.39, 0.29) is 0 Å². The van der Waals surface area contributed by atoms with Crippen LogP contribution in [0.1, 0.15) is 12.0 Å². The van der Waals surface area contributed by atoms with E-state index in [1.165, 1.54) is 22.8 Å². The highest BCUT2D eigenvalue weighted by atomic mass is 33.2. The SMILES string of the molecule is C(#CS1(c2ccccc2)CCCS1)c1ccccc1. The summed E-state index contributed by atoms with van der Waals surface area (Å²) in [4.78, 5) is 1.43. The monoisotopic (exact) mass is 284 g/mol. The molecule has 96 valence electrons. The summed E-state index contributed by atoms with van der Waals surface area (Å²) in [5, 5.41) is 3.62. The minimum absolute atomic E-state index is 0.983. The molecule has 1 heterocycles. The summed E-state index contributed by atoms with van der Waals surface area (Å²) < 4.78 is 0. The van der Waals surface area contributed by atoms with E-state index >= 15 is 0 Å². The van der Waals surface area contributed by atoms with Gasteiger partial charge in [-0.05, 0) is 35.9 Å². The van der Waals surface area contributed by atoms with Crippen molar-refractivity contribution in [2.45, 2.75) is 11.3 Å². The fraction of sp³-hybridized carbons (Fsp3) is 0.176. The fourth-order valence-corrected chi connectivity index (χ4v) is 8.04. The van der Waals surface area contributed by atoms with Crippen LogP contribution in [0.5, 0.6) is 0 Å². The maximum Gasteiger partial charge on any atom is 0.0254 e. The summed E-state index contributed by atoms with van der Waals surface area (Å²) in [5.74, 6) is 5.87. The van der Waals surface area contributed by atoms with Crippen molar-refractivity contribution in [3.05, 3.63) is 66.2 Å². The molecule has 19 heavy (non-hydrogen) atoms. The maximum absolute atomic E-state index is 3.62. The number of hydrogen-bond donors (Lipinski definition) is 0. The molecule has 0 saturated carbocycles. The maximum atomic E-state index is 3.62. The Morgan fingerprint density at radius 3 is 2.21 bits per heavy atom. The third-order valence-electron chi connectivity index (χ3n) is 3.12. The van der Waals surface area contributed by atoms with Crippen LogP contribution in [-0.4, -0.2) is 11.5 Å². The summed E-state index contributed by atoms with van der Waals surface area (Å²) in [6.07, 6.45) is 1.29. The van der Waals surface area contributed by atoms with Crippen molar-refractivity contribution in [2.75, 3.05) is 11.5 Å². The summed E-state index contributed by atoms with van der Waals surface area (Å²) >= 11 is 0. The summed E-state index contributed by atoms with van der Waals surface area (Å²) in [5.41, 5.74) is 1.12. The average Bonchev–Trinajstić information content (AvgIpc) is 2.97. The Kier molecular flexibility index (Phi) is 3.87. The van der Waals surface area contributed by atoms with Gasteiger partial charge in [0.15, 0.2) is 0 Å². The summed E-state index contributed by atoms with van der Waals surface area (Å²) in [6.45, 7) is 0.